The first-order valence-electron chi connectivity index (χ1n) is 3.56. The van der Waals surface area contributed by atoms with Gasteiger partial charge in [0.05, 0.1) is 23.8 Å². The second-order valence-electron chi connectivity index (χ2n) is 2.32. The van der Waals surface area contributed by atoms with Crippen LogP contribution in [0.1, 0.15) is 5.69 Å². The van der Waals surface area contributed by atoms with Gasteiger partial charge < -0.3 is 10.5 Å². The average molecular weight is 183 g/mol. The number of pyridine rings is 1. The Hall–Kier alpha value is -1.69. The highest BCUT2D eigenvalue weighted by molar-refractivity contribution is 5.36. The predicted octanol–water partition coefficient (Wildman–Crippen LogP) is 0.457. The number of nitrogens with two attached hydrogens (primary N) is 1. The Morgan fingerprint density at radius 3 is 2.85 bits per heavy atom. The fraction of sp³-hybridized carbons (Fsp3) is 0.286. The molecule has 0 aliphatic heterocycles. The Morgan fingerprint density at radius 2 is 2.38 bits per heavy atom. The number of methoxy groups -OCH3 is 1. The average Bonchev–Trinajstić information content (AvgIpc) is 2.16. The van der Waals surface area contributed by atoms with Gasteiger partial charge in [-0.1, -0.05) is 0 Å². The molecule has 0 fully saturated rings. The van der Waals surface area contributed by atoms with E-state index < -0.39 is 4.92 Å². The van der Waals surface area contributed by atoms with Crippen LogP contribution in [0.25, 0.3) is 0 Å². The Bertz CT molecular complexity index is 305. The Balaban J connectivity index is 3.14. The van der Waals surface area contributed by atoms with Gasteiger partial charge >= 0.3 is 0 Å². The summed E-state index contributed by atoms with van der Waals surface area (Å²) in [6.07, 6.45) is 0. The first-order valence-corrected chi connectivity index (χ1v) is 3.56. The molecule has 0 amide bonds. The van der Waals surface area contributed by atoms with E-state index in [9.17, 15) is 10.1 Å². The van der Waals surface area contributed by atoms with Crippen molar-refractivity contribution in [2.75, 3.05) is 7.11 Å². The van der Waals surface area contributed by atoms with E-state index in [1.165, 1.54) is 19.2 Å². The predicted molar refractivity (Wildman–Crippen MR) is 45.3 cm³/mol. The zero-order valence-corrected chi connectivity index (χ0v) is 7.06. The zero-order chi connectivity index (χ0) is 9.84. The third-order valence-corrected chi connectivity index (χ3v) is 1.47. The number of ether oxygens (including phenoxy) is 1. The molecule has 0 radical (unpaired) electrons. The van der Waals surface area contributed by atoms with E-state index in [2.05, 4.69) is 4.98 Å². The van der Waals surface area contributed by atoms with Crippen molar-refractivity contribution in [1.29, 1.82) is 0 Å². The van der Waals surface area contributed by atoms with Crippen molar-refractivity contribution in [3.8, 4) is 5.88 Å². The van der Waals surface area contributed by atoms with Crippen molar-refractivity contribution in [2.24, 2.45) is 5.73 Å². The summed E-state index contributed by atoms with van der Waals surface area (Å²) in [7, 11) is 1.40. The van der Waals surface area contributed by atoms with Crippen LogP contribution in [-0.4, -0.2) is 17.0 Å². The molecule has 0 bridgehead atoms. The van der Waals surface area contributed by atoms with Crippen LogP contribution >= 0.6 is 0 Å². The molecule has 0 aliphatic rings. The SMILES string of the molecule is COc1cc([N+](=O)[O-])cc(CN)n1. The van der Waals surface area contributed by atoms with E-state index in [0.717, 1.165) is 0 Å². The van der Waals surface area contributed by atoms with Crippen LogP contribution < -0.4 is 10.5 Å². The number of rotatable bonds is 3. The van der Waals surface area contributed by atoms with Gasteiger partial charge in [-0.15, -0.1) is 0 Å². The van der Waals surface area contributed by atoms with Gasteiger partial charge in [-0.05, 0) is 0 Å². The van der Waals surface area contributed by atoms with E-state index >= 15 is 0 Å². The summed E-state index contributed by atoms with van der Waals surface area (Å²) < 4.78 is 4.78. The first kappa shape index (κ1) is 9.40. The van der Waals surface area contributed by atoms with Crippen molar-refractivity contribution in [2.45, 2.75) is 6.54 Å². The Morgan fingerprint density at radius 1 is 1.69 bits per heavy atom. The van der Waals surface area contributed by atoms with E-state index in [0.29, 0.717) is 5.69 Å². The fourth-order valence-corrected chi connectivity index (χ4v) is 0.860. The highest BCUT2D eigenvalue weighted by atomic mass is 16.6. The smallest absolute Gasteiger partial charge is 0.276 e. The molecular weight excluding hydrogens is 174 g/mol. The van der Waals surface area contributed by atoms with E-state index in [-0.39, 0.29) is 18.1 Å². The zero-order valence-electron chi connectivity index (χ0n) is 7.06. The molecule has 0 spiro atoms. The normalized spacial score (nSPS) is 9.69. The maximum Gasteiger partial charge on any atom is 0.276 e. The lowest BCUT2D eigenvalue weighted by atomic mass is 10.3. The van der Waals surface area contributed by atoms with E-state index in [1.807, 2.05) is 0 Å². The highest BCUT2D eigenvalue weighted by Crippen LogP contribution is 2.18. The topological polar surface area (TPSA) is 91.3 Å². The van der Waals surface area contributed by atoms with Crippen molar-refractivity contribution >= 4 is 5.69 Å². The lowest BCUT2D eigenvalue weighted by molar-refractivity contribution is -0.385. The third kappa shape index (κ3) is 2.12. The molecule has 70 valence electrons. The molecule has 1 heterocycles. The lowest BCUT2D eigenvalue weighted by Gasteiger charge is -2.01. The quantitative estimate of drug-likeness (QED) is 0.542. The number of hydrogen-bond donors (Lipinski definition) is 1. The number of nitro groups is 1. The molecule has 0 saturated carbocycles. The Kier molecular flexibility index (Phi) is 2.76. The minimum absolute atomic E-state index is 0.0627. The van der Waals surface area contributed by atoms with Crippen LogP contribution in [-0.2, 0) is 6.54 Å². The largest absolute Gasteiger partial charge is 0.481 e. The van der Waals surface area contributed by atoms with Crippen molar-refractivity contribution in [3.05, 3.63) is 27.9 Å². The number of aromatic nitrogens is 1. The standard InChI is InChI=1S/C7H9N3O3/c1-13-7-3-6(10(11)12)2-5(4-8)9-7/h2-3H,4,8H2,1H3. The second-order valence-corrected chi connectivity index (χ2v) is 2.32. The molecule has 1 aromatic rings. The van der Waals surface area contributed by atoms with Gasteiger partial charge in [0.1, 0.15) is 0 Å². The fourth-order valence-electron chi connectivity index (χ4n) is 0.860. The van der Waals surface area contributed by atoms with Crippen molar-refractivity contribution in [1.82, 2.24) is 4.98 Å². The van der Waals surface area contributed by atoms with Gasteiger partial charge in [0, 0.05) is 12.6 Å². The maximum atomic E-state index is 10.4. The van der Waals surface area contributed by atoms with E-state index in [1.54, 1.807) is 0 Å². The van der Waals surface area contributed by atoms with Gasteiger partial charge in [-0.2, -0.15) is 0 Å². The molecule has 6 heteroatoms. The Labute approximate surface area is 74.5 Å². The molecule has 6 nitrogen and oxygen atoms in total. The van der Waals surface area contributed by atoms with E-state index in [4.69, 9.17) is 10.5 Å². The summed E-state index contributed by atoms with van der Waals surface area (Å²) in [5, 5.41) is 10.4. The number of nitrogens with zero attached hydrogens (tertiary/aromatic N) is 2. The van der Waals surface area contributed by atoms with Gasteiger partial charge in [0.25, 0.3) is 5.69 Å². The molecule has 2 N–H and O–H groups in total. The van der Waals surface area contributed by atoms with Gasteiger partial charge in [0.2, 0.25) is 5.88 Å². The molecular formula is C7H9N3O3. The van der Waals surface area contributed by atoms with Crippen LogP contribution in [0.2, 0.25) is 0 Å². The summed E-state index contributed by atoms with van der Waals surface area (Å²) >= 11 is 0. The van der Waals surface area contributed by atoms with Crippen molar-refractivity contribution < 1.29 is 9.66 Å². The van der Waals surface area contributed by atoms with Gasteiger partial charge in [-0.25, -0.2) is 4.98 Å². The molecule has 0 aromatic carbocycles. The summed E-state index contributed by atoms with van der Waals surface area (Å²) in [6, 6.07) is 2.57. The molecule has 0 atom stereocenters. The minimum Gasteiger partial charge on any atom is -0.481 e. The number of hydrogen-bond acceptors (Lipinski definition) is 5. The molecule has 0 unspecified atom stereocenters. The van der Waals surface area contributed by atoms with Crippen molar-refractivity contribution in [3.63, 3.8) is 0 Å². The van der Waals surface area contributed by atoms with Gasteiger partial charge in [-0.3, -0.25) is 10.1 Å². The molecule has 1 rings (SSSR count). The molecule has 1 aromatic heterocycles. The monoisotopic (exact) mass is 183 g/mol. The summed E-state index contributed by atoms with van der Waals surface area (Å²) in [5.74, 6) is 0.203. The van der Waals surface area contributed by atoms with Crippen LogP contribution in [0.3, 0.4) is 0 Å². The van der Waals surface area contributed by atoms with Crippen LogP contribution in [0, 0.1) is 10.1 Å². The first-order chi connectivity index (χ1) is 6.17. The van der Waals surface area contributed by atoms with Crippen LogP contribution in [0.5, 0.6) is 5.88 Å². The summed E-state index contributed by atoms with van der Waals surface area (Å²) in [6.45, 7) is 0.151. The summed E-state index contributed by atoms with van der Waals surface area (Å²) in [4.78, 5) is 13.8. The summed E-state index contributed by atoms with van der Waals surface area (Å²) in [5.41, 5.74) is 5.68. The van der Waals surface area contributed by atoms with Crippen LogP contribution in [0.15, 0.2) is 12.1 Å². The van der Waals surface area contributed by atoms with Crippen LogP contribution in [0.4, 0.5) is 5.69 Å². The molecule has 0 aliphatic carbocycles. The molecule has 13 heavy (non-hydrogen) atoms. The lowest BCUT2D eigenvalue weighted by Crippen LogP contribution is -2.02. The highest BCUT2D eigenvalue weighted by Gasteiger charge is 2.10. The minimum atomic E-state index is -0.511. The third-order valence-electron chi connectivity index (χ3n) is 1.47. The molecule has 0 saturated heterocycles. The maximum absolute atomic E-state index is 10.4. The second kappa shape index (κ2) is 3.81. The van der Waals surface area contributed by atoms with Gasteiger partial charge in [0.15, 0.2) is 0 Å².